The summed E-state index contributed by atoms with van der Waals surface area (Å²) in [6, 6.07) is 63.1. The molecule has 0 bridgehead atoms. The molecule has 8 aromatic carbocycles. The molecule has 3 aromatic heterocycles. The van der Waals surface area contributed by atoms with Crippen molar-refractivity contribution in [3.05, 3.63) is 176 Å². The van der Waals surface area contributed by atoms with E-state index in [1.807, 2.05) is 17.4 Å². The lowest BCUT2D eigenvalue weighted by Crippen LogP contribution is -1.93. The van der Waals surface area contributed by atoms with Gasteiger partial charge >= 0.3 is 0 Å². The van der Waals surface area contributed by atoms with Gasteiger partial charge in [0.2, 0.25) is 0 Å². The molecule has 3 heteroatoms. The normalized spacial score (nSPS) is 11.8. The van der Waals surface area contributed by atoms with Crippen LogP contribution in [0.3, 0.4) is 0 Å². The SMILES string of the molecule is c1ccc(-c2c3c(cc4c(-c5ccc(-c6ccc(-c7ccc8sc9ccccc9c8c7)cc6)cc5)nc5ccccc5c24)oc2ccccc23)cc1. The quantitative estimate of drug-likeness (QED) is 0.173. The van der Waals surface area contributed by atoms with E-state index in [-0.39, 0.29) is 0 Å². The Balaban J connectivity index is 1.04. The summed E-state index contributed by atoms with van der Waals surface area (Å²) in [6.07, 6.45) is 0. The molecule has 52 heavy (non-hydrogen) atoms. The molecule has 0 saturated heterocycles. The number of pyridine rings is 1. The Morgan fingerprint density at radius 2 is 0.962 bits per heavy atom. The maximum Gasteiger partial charge on any atom is 0.136 e. The van der Waals surface area contributed by atoms with Crippen LogP contribution in [0, 0.1) is 0 Å². The van der Waals surface area contributed by atoms with Crippen LogP contribution in [0.15, 0.2) is 180 Å². The van der Waals surface area contributed by atoms with Gasteiger partial charge in [-0.15, -0.1) is 11.3 Å². The monoisotopic (exact) mass is 679 g/mol. The maximum absolute atomic E-state index is 6.55. The molecule has 0 N–H and O–H groups in total. The van der Waals surface area contributed by atoms with Gasteiger partial charge in [-0.3, -0.25) is 0 Å². The van der Waals surface area contributed by atoms with Crippen molar-refractivity contribution in [3.8, 4) is 44.6 Å². The predicted molar refractivity (Wildman–Crippen MR) is 221 cm³/mol. The molecular formula is C49H29NOS. The van der Waals surface area contributed by atoms with E-state index in [1.165, 1.54) is 53.4 Å². The molecule has 0 atom stereocenters. The molecule has 0 spiro atoms. The zero-order valence-electron chi connectivity index (χ0n) is 28.0. The molecule has 0 aliphatic carbocycles. The van der Waals surface area contributed by atoms with Crippen LogP contribution >= 0.6 is 11.3 Å². The third kappa shape index (κ3) is 4.53. The molecule has 11 rings (SSSR count). The van der Waals surface area contributed by atoms with Crippen molar-refractivity contribution in [2.24, 2.45) is 0 Å². The van der Waals surface area contributed by atoms with E-state index in [4.69, 9.17) is 9.40 Å². The van der Waals surface area contributed by atoms with Crippen molar-refractivity contribution >= 4 is 75.1 Å². The van der Waals surface area contributed by atoms with Gasteiger partial charge in [-0.2, -0.15) is 0 Å². The highest BCUT2D eigenvalue weighted by Crippen LogP contribution is 2.46. The van der Waals surface area contributed by atoms with Gasteiger partial charge in [0.15, 0.2) is 0 Å². The lowest BCUT2D eigenvalue weighted by molar-refractivity contribution is 0.669. The highest BCUT2D eigenvalue weighted by molar-refractivity contribution is 7.25. The summed E-state index contributed by atoms with van der Waals surface area (Å²) in [6.45, 7) is 0. The van der Waals surface area contributed by atoms with Crippen LogP contribution in [0.2, 0.25) is 0 Å². The number of aromatic nitrogens is 1. The number of nitrogens with zero attached hydrogens (tertiary/aromatic N) is 1. The first-order valence-corrected chi connectivity index (χ1v) is 18.4. The van der Waals surface area contributed by atoms with Crippen LogP contribution in [0.25, 0.3) is 108 Å². The van der Waals surface area contributed by atoms with Gasteiger partial charge in [0.1, 0.15) is 11.2 Å². The predicted octanol–water partition coefficient (Wildman–Crippen LogP) is 14.3. The topological polar surface area (TPSA) is 26.0 Å². The maximum atomic E-state index is 6.55. The fourth-order valence-electron chi connectivity index (χ4n) is 8.01. The molecule has 0 saturated carbocycles. The number of fused-ring (bicyclic) bond motifs is 9. The lowest BCUT2D eigenvalue weighted by atomic mass is 9.89. The lowest BCUT2D eigenvalue weighted by Gasteiger charge is -2.16. The molecule has 0 fully saturated rings. The van der Waals surface area contributed by atoms with Crippen molar-refractivity contribution in [2.75, 3.05) is 0 Å². The largest absolute Gasteiger partial charge is 0.456 e. The second-order valence-electron chi connectivity index (χ2n) is 13.5. The van der Waals surface area contributed by atoms with Crippen LogP contribution in [0.5, 0.6) is 0 Å². The molecule has 0 aliphatic heterocycles. The number of hydrogen-bond acceptors (Lipinski definition) is 3. The Hall–Kier alpha value is -6.55. The number of benzene rings is 8. The van der Waals surface area contributed by atoms with Crippen LogP contribution in [-0.2, 0) is 0 Å². The van der Waals surface area contributed by atoms with Gasteiger partial charge < -0.3 is 4.42 Å². The number of para-hydroxylation sites is 2. The number of thiophene rings is 1. The van der Waals surface area contributed by atoms with Crippen LogP contribution in [-0.4, -0.2) is 4.98 Å². The van der Waals surface area contributed by atoms with Crippen LogP contribution < -0.4 is 0 Å². The Morgan fingerprint density at radius 3 is 1.75 bits per heavy atom. The highest BCUT2D eigenvalue weighted by Gasteiger charge is 2.21. The van der Waals surface area contributed by atoms with Gasteiger partial charge in [0, 0.05) is 58.2 Å². The minimum atomic E-state index is 0.869. The fraction of sp³-hybridized carbons (Fsp3) is 0. The van der Waals surface area contributed by atoms with Gasteiger partial charge in [-0.05, 0) is 64.2 Å². The van der Waals surface area contributed by atoms with E-state index >= 15 is 0 Å². The first-order chi connectivity index (χ1) is 25.8. The summed E-state index contributed by atoms with van der Waals surface area (Å²) in [7, 11) is 0. The highest BCUT2D eigenvalue weighted by atomic mass is 32.1. The van der Waals surface area contributed by atoms with Gasteiger partial charge in [0.05, 0.1) is 11.2 Å². The smallest absolute Gasteiger partial charge is 0.136 e. The summed E-state index contributed by atoms with van der Waals surface area (Å²) in [5.74, 6) is 0. The van der Waals surface area contributed by atoms with E-state index in [0.29, 0.717) is 0 Å². The zero-order chi connectivity index (χ0) is 34.2. The first kappa shape index (κ1) is 29.2. The van der Waals surface area contributed by atoms with E-state index < -0.39 is 0 Å². The van der Waals surface area contributed by atoms with E-state index in [9.17, 15) is 0 Å². The van der Waals surface area contributed by atoms with Crippen molar-refractivity contribution in [3.63, 3.8) is 0 Å². The van der Waals surface area contributed by atoms with Crippen LogP contribution in [0.4, 0.5) is 0 Å². The van der Waals surface area contributed by atoms with Crippen molar-refractivity contribution in [2.45, 2.75) is 0 Å². The second kappa shape index (κ2) is 11.5. The van der Waals surface area contributed by atoms with Crippen LogP contribution in [0.1, 0.15) is 0 Å². The molecule has 0 amide bonds. The summed E-state index contributed by atoms with van der Waals surface area (Å²) in [4.78, 5) is 5.31. The number of rotatable bonds is 4. The molecule has 2 nitrogen and oxygen atoms in total. The summed E-state index contributed by atoms with van der Waals surface area (Å²) in [5, 5.41) is 8.32. The molecule has 3 heterocycles. The Bertz CT molecular complexity index is 3150. The Labute approximate surface area is 303 Å². The Morgan fingerprint density at radius 1 is 0.365 bits per heavy atom. The average molecular weight is 680 g/mol. The molecule has 11 aromatic rings. The van der Waals surface area contributed by atoms with Crippen molar-refractivity contribution in [1.29, 1.82) is 0 Å². The molecule has 0 radical (unpaired) electrons. The molecule has 0 aliphatic rings. The summed E-state index contributed by atoms with van der Waals surface area (Å²) < 4.78 is 9.21. The minimum absolute atomic E-state index is 0.869. The van der Waals surface area contributed by atoms with Gasteiger partial charge in [-0.25, -0.2) is 4.98 Å². The molecule has 242 valence electrons. The van der Waals surface area contributed by atoms with E-state index in [2.05, 4.69) is 170 Å². The third-order valence-electron chi connectivity index (χ3n) is 10.5. The van der Waals surface area contributed by atoms with Crippen molar-refractivity contribution in [1.82, 2.24) is 4.98 Å². The number of hydrogen-bond donors (Lipinski definition) is 0. The number of furan rings is 1. The minimum Gasteiger partial charge on any atom is -0.456 e. The zero-order valence-corrected chi connectivity index (χ0v) is 28.8. The standard InChI is InChI=1S/C49H29NOS/c1-2-10-33(11-3-1)46-47-37-13-4-7-15-41(37)50-49(40(47)29-43-48(46)38-14-5-8-16-42(38)51-43)34-24-22-31(23-25-34)30-18-20-32(21-19-30)35-26-27-45-39(28-35)36-12-6-9-17-44(36)52-45/h1-29H. The van der Waals surface area contributed by atoms with Gasteiger partial charge in [0.25, 0.3) is 0 Å². The van der Waals surface area contributed by atoms with E-state index in [1.54, 1.807) is 0 Å². The summed E-state index contributed by atoms with van der Waals surface area (Å²) in [5.41, 5.74) is 11.9. The average Bonchev–Trinajstić information content (AvgIpc) is 3.78. The van der Waals surface area contributed by atoms with E-state index in [0.717, 1.165) is 55.0 Å². The second-order valence-corrected chi connectivity index (χ2v) is 14.5. The first-order valence-electron chi connectivity index (χ1n) is 17.6. The van der Waals surface area contributed by atoms with Gasteiger partial charge in [-0.1, -0.05) is 140 Å². The molecular weight excluding hydrogens is 651 g/mol. The molecule has 0 unspecified atom stereocenters. The van der Waals surface area contributed by atoms with Crippen molar-refractivity contribution < 1.29 is 4.42 Å². The summed E-state index contributed by atoms with van der Waals surface area (Å²) >= 11 is 1.86. The Kier molecular flexibility index (Phi) is 6.46. The fourth-order valence-corrected chi connectivity index (χ4v) is 9.10. The third-order valence-corrected chi connectivity index (χ3v) is 11.6.